The Morgan fingerprint density at radius 2 is 1.71 bits per heavy atom. The number of anilines is 1. The Kier molecular flexibility index (Phi) is 4.10. The Balaban J connectivity index is 2.42. The number of nitrogen functional groups attached to an aromatic ring is 1. The molecule has 3 N–H and O–H groups in total. The van der Waals surface area contributed by atoms with Gasteiger partial charge in [0.1, 0.15) is 17.4 Å². The van der Waals surface area contributed by atoms with Crippen LogP contribution >= 0.6 is 0 Å². The molecule has 8 heteroatoms. The number of hydrogen-bond acceptors (Lipinski definition) is 4. The standard InChI is InChI=1S/C13H12F2N2O3S/c1-17-21(18,19)11-2-3-12(16)13(7-11)20-10-5-8(14)4-9(15)6-10/h2-7,17H,16H2,1H3. The summed E-state index contributed by atoms with van der Waals surface area (Å²) in [4.78, 5) is -0.0777. The molecule has 0 bridgehead atoms. The second kappa shape index (κ2) is 5.66. The molecule has 2 aromatic rings. The maximum Gasteiger partial charge on any atom is 0.240 e. The second-order valence-electron chi connectivity index (χ2n) is 4.11. The zero-order chi connectivity index (χ0) is 15.6. The zero-order valence-electron chi connectivity index (χ0n) is 10.9. The van der Waals surface area contributed by atoms with E-state index in [2.05, 4.69) is 4.72 Å². The summed E-state index contributed by atoms with van der Waals surface area (Å²) in [6, 6.07) is 6.40. The van der Waals surface area contributed by atoms with Gasteiger partial charge < -0.3 is 10.5 Å². The van der Waals surface area contributed by atoms with E-state index in [4.69, 9.17) is 10.5 Å². The summed E-state index contributed by atoms with van der Waals surface area (Å²) in [6.45, 7) is 0. The lowest BCUT2D eigenvalue weighted by atomic mass is 10.3. The van der Waals surface area contributed by atoms with Crippen molar-refractivity contribution in [1.82, 2.24) is 4.72 Å². The van der Waals surface area contributed by atoms with Gasteiger partial charge in [0.25, 0.3) is 0 Å². The first-order valence-electron chi connectivity index (χ1n) is 5.79. The van der Waals surface area contributed by atoms with E-state index in [9.17, 15) is 17.2 Å². The Hall–Kier alpha value is -2.19. The van der Waals surface area contributed by atoms with E-state index in [0.717, 1.165) is 12.1 Å². The highest BCUT2D eigenvalue weighted by Crippen LogP contribution is 2.30. The van der Waals surface area contributed by atoms with Crippen molar-refractivity contribution >= 4 is 15.7 Å². The molecule has 0 aromatic heterocycles. The van der Waals surface area contributed by atoms with Crippen LogP contribution in [0.3, 0.4) is 0 Å². The van der Waals surface area contributed by atoms with Gasteiger partial charge in [0.15, 0.2) is 5.75 Å². The predicted octanol–water partition coefficient (Wildman–Crippen LogP) is 2.25. The lowest BCUT2D eigenvalue weighted by Crippen LogP contribution is -2.18. The smallest absolute Gasteiger partial charge is 0.240 e. The SMILES string of the molecule is CNS(=O)(=O)c1ccc(N)c(Oc2cc(F)cc(F)c2)c1. The van der Waals surface area contributed by atoms with Crippen LogP contribution in [0.4, 0.5) is 14.5 Å². The lowest BCUT2D eigenvalue weighted by molar-refractivity contribution is 0.468. The number of rotatable bonds is 4. The van der Waals surface area contributed by atoms with Crippen LogP contribution in [0.25, 0.3) is 0 Å². The van der Waals surface area contributed by atoms with Crippen LogP contribution in [-0.2, 0) is 10.0 Å². The van der Waals surface area contributed by atoms with E-state index in [-0.39, 0.29) is 22.1 Å². The van der Waals surface area contributed by atoms with Gasteiger partial charge in [0.2, 0.25) is 10.0 Å². The third-order valence-corrected chi connectivity index (χ3v) is 4.04. The second-order valence-corrected chi connectivity index (χ2v) is 6.00. The highest BCUT2D eigenvalue weighted by molar-refractivity contribution is 7.89. The average molecular weight is 314 g/mol. The molecule has 0 aliphatic heterocycles. The molecule has 0 saturated carbocycles. The number of nitrogens with two attached hydrogens (primary N) is 1. The quantitative estimate of drug-likeness (QED) is 0.848. The molecule has 0 saturated heterocycles. The number of nitrogens with one attached hydrogen (secondary N) is 1. The van der Waals surface area contributed by atoms with E-state index in [1.807, 2.05) is 0 Å². The van der Waals surface area contributed by atoms with Crippen molar-refractivity contribution in [3.63, 3.8) is 0 Å². The lowest BCUT2D eigenvalue weighted by Gasteiger charge is -2.11. The van der Waals surface area contributed by atoms with Crippen molar-refractivity contribution in [3.8, 4) is 11.5 Å². The number of ether oxygens (including phenoxy) is 1. The molecular formula is C13H12F2N2O3S. The number of sulfonamides is 1. The van der Waals surface area contributed by atoms with E-state index in [1.165, 1.54) is 25.2 Å². The van der Waals surface area contributed by atoms with E-state index in [0.29, 0.717) is 6.07 Å². The average Bonchev–Trinajstić information content (AvgIpc) is 2.40. The molecule has 0 spiro atoms. The fourth-order valence-electron chi connectivity index (χ4n) is 1.60. The topological polar surface area (TPSA) is 81.4 Å². The minimum absolute atomic E-state index is 0.0173. The van der Waals surface area contributed by atoms with Crippen molar-refractivity contribution < 1.29 is 21.9 Å². The van der Waals surface area contributed by atoms with Crippen molar-refractivity contribution in [2.45, 2.75) is 4.90 Å². The molecule has 112 valence electrons. The molecule has 0 amide bonds. The highest BCUT2D eigenvalue weighted by Gasteiger charge is 2.14. The van der Waals surface area contributed by atoms with Gasteiger partial charge in [-0.05, 0) is 19.2 Å². The Morgan fingerprint density at radius 1 is 1.10 bits per heavy atom. The minimum Gasteiger partial charge on any atom is -0.455 e. The first kappa shape index (κ1) is 15.2. The van der Waals surface area contributed by atoms with Gasteiger partial charge >= 0.3 is 0 Å². The van der Waals surface area contributed by atoms with Crippen LogP contribution in [0, 0.1) is 11.6 Å². The summed E-state index contributed by atoms with van der Waals surface area (Å²) in [7, 11) is -2.42. The minimum atomic E-state index is -3.68. The number of hydrogen-bond donors (Lipinski definition) is 2. The van der Waals surface area contributed by atoms with E-state index >= 15 is 0 Å². The normalized spacial score (nSPS) is 11.4. The Labute approximate surface area is 120 Å². The molecule has 0 fully saturated rings. The van der Waals surface area contributed by atoms with Crippen molar-refractivity contribution in [1.29, 1.82) is 0 Å². The van der Waals surface area contributed by atoms with Crippen LogP contribution in [0.1, 0.15) is 0 Å². The Bertz CT molecular complexity index is 759. The van der Waals surface area contributed by atoms with Gasteiger partial charge in [-0.2, -0.15) is 0 Å². The van der Waals surface area contributed by atoms with E-state index < -0.39 is 21.7 Å². The summed E-state index contributed by atoms with van der Waals surface area (Å²) in [5.74, 6) is -1.78. The van der Waals surface area contributed by atoms with Crippen molar-refractivity contribution in [3.05, 3.63) is 48.0 Å². The van der Waals surface area contributed by atoms with Crippen molar-refractivity contribution in [2.75, 3.05) is 12.8 Å². The maximum absolute atomic E-state index is 13.1. The molecule has 0 aliphatic rings. The first-order valence-corrected chi connectivity index (χ1v) is 7.27. The molecule has 0 unspecified atom stereocenters. The molecule has 5 nitrogen and oxygen atoms in total. The molecule has 0 heterocycles. The monoisotopic (exact) mass is 314 g/mol. The fraction of sp³-hybridized carbons (Fsp3) is 0.0769. The third-order valence-electron chi connectivity index (χ3n) is 2.63. The summed E-state index contributed by atoms with van der Waals surface area (Å²) >= 11 is 0. The number of benzene rings is 2. The molecule has 0 aliphatic carbocycles. The molecule has 0 radical (unpaired) electrons. The molecular weight excluding hydrogens is 302 g/mol. The predicted molar refractivity (Wildman–Crippen MR) is 73.5 cm³/mol. The highest BCUT2D eigenvalue weighted by atomic mass is 32.2. The first-order chi connectivity index (χ1) is 9.81. The van der Waals surface area contributed by atoms with Crippen LogP contribution in [-0.4, -0.2) is 15.5 Å². The third kappa shape index (κ3) is 3.47. The van der Waals surface area contributed by atoms with E-state index in [1.54, 1.807) is 0 Å². The Morgan fingerprint density at radius 3 is 2.29 bits per heavy atom. The molecule has 2 aromatic carbocycles. The van der Waals surface area contributed by atoms with Gasteiger partial charge in [0, 0.05) is 24.3 Å². The van der Waals surface area contributed by atoms with Crippen LogP contribution in [0.2, 0.25) is 0 Å². The van der Waals surface area contributed by atoms with Gasteiger partial charge in [-0.15, -0.1) is 0 Å². The molecule has 21 heavy (non-hydrogen) atoms. The van der Waals surface area contributed by atoms with Gasteiger partial charge in [0.05, 0.1) is 10.6 Å². The molecule has 0 atom stereocenters. The maximum atomic E-state index is 13.1. The molecule has 2 rings (SSSR count). The largest absolute Gasteiger partial charge is 0.455 e. The summed E-state index contributed by atoms with van der Waals surface area (Å²) < 4.78 is 57.0. The van der Waals surface area contributed by atoms with Crippen LogP contribution in [0.5, 0.6) is 11.5 Å². The van der Waals surface area contributed by atoms with Gasteiger partial charge in [-0.3, -0.25) is 0 Å². The number of halogens is 2. The fourth-order valence-corrected chi connectivity index (χ4v) is 2.35. The van der Waals surface area contributed by atoms with Crippen LogP contribution in [0.15, 0.2) is 41.3 Å². The van der Waals surface area contributed by atoms with Gasteiger partial charge in [-0.1, -0.05) is 0 Å². The zero-order valence-corrected chi connectivity index (χ0v) is 11.7. The summed E-state index contributed by atoms with van der Waals surface area (Å²) in [5, 5.41) is 0. The summed E-state index contributed by atoms with van der Waals surface area (Å²) in [6.07, 6.45) is 0. The van der Waals surface area contributed by atoms with Crippen LogP contribution < -0.4 is 15.2 Å². The van der Waals surface area contributed by atoms with Gasteiger partial charge in [-0.25, -0.2) is 21.9 Å². The summed E-state index contributed by atoms with van der Waals surface area (Å²) in [5.41, 5.74) is 5.80. The van der Waals surface area contributed by atoms with Crippen molar-refractivity contribution in [2.24, 2.45) is 0 Å².